The third-order valence-corrected chi connectivity index (χ3v) is 3.40. The Bertz CT molecular complexity index is 536. The second-order valence-corrected chi connectivity index (χ2v) is 5.15. The van der Waals surface area contributed by atoms with Gasteiger partial charge in [0.05, 0.1) is 16.7 Å². The summed E-state index contributed by atoms with van der Waals surface area (Å²) < 4.78 is 22.2. The lowest BCUT2D eigenvalue weighted by molar-refractivity contribution is 0.598. The van der Waals surface area contributed by atoms with Gasteiger partial charge in [0, 0.05) is 0 Å². The molecule has 86 valence electrons. The predicted octanol–water partition coefficient (Wildman–Crippen LogP) is 1.63. The molecule has 0 saturated carbocycles. The Balaban J connectivity index is 2.96. The van der Waals surface area contributed by atoms with E-state index in [9.17, 15) is 8.42 Å². The molecule has 0 radical (unpaired) electrons. The van der Waals surface area contributed by atoms with E-state index in [4.69, 9.17) is 16.7 Å². The first-order valence-electron chi connectivity index (χ1n) is 4.30. The SMILES string of the molecule is NS(=O)(=O)c1ccc(CCN=C=S)cc1Cl. The number of thiocarbonyl (C=S) groups is 1. The third kappa shape index (κ3) is 3.66. The van der Waals surface area contributed by atoms with E-state index in [1.807, 2.05) is 0 Å². The van der Waals surface area contributed by atoms with Gasteiger partial charge in [-0.15, -0.1) is 0 Å². The first-order chi connectivity index (χ1) is 7.45. The zero-order valence-electron chi connectivity index (χ0n) is 8.18. The van der Waals surface area contributed by atoms with Crippen molar-refractivity contribution in [3.63, 3.8) is 0 Å². The van der Waals surface area contributed by atoms with Gasteiger partial charge in [-0.2, -0.15) is 0 Å². The summed E-state index contributed by atoms with van der Waals surface area (Å²) in [6.45, 7) is 0.495. The van der Waals surface area contributed by atoms with Gasteiger partial charge in [-0.05, 0) is 36.3 Å². The molecule has 1 aromatic rings. The van der Waals surface area contributed by atoms with Crippen molar-refractivity contribution in [1.29, 1.82) is 0 Å². The van der Waals surface area contributed by atoms with Crippen LogP contribution >= 0.6 is 23.8 Å². The fraction of sp³-hybridized carbons (Fsp3) is 0.222. The predicted molar refractivity (Wildman–Crippen MR) is 66.4 cm³/mol. The highest BCUT2D eigenvalue weighted by Crippen LogP contribution is 2.21. The van der Waals surface area contributed by atoms with Crippen LogP contribution in [0.3, 0.4) is 0 Å². The quantitative estimate of drug-likeness (QED) is 0.671. The molecule has 2 N–H and O–H groups in total. The normalized spacial score (nSPS) is 10.9. The van der Waals surface area contributed by atoms with E-state index in [0.29, 0.717) is 13.0 Å². The van der Waals surface area contributed by atoms with Crippen molar-refractivity contribution in [2.24, 2.45) is 10.1 Å². The molecule has 0 heterocycles. The summed E-state index contributed by atoms with van der Waals surface area (Å²) in [5.41, 5.74) is 0.867. The third-order valence-electron chi connectivity index (χ3n) is 1.88. The smallest absolute Gasteiger partial charge is 0.232 e. The summed E-state index contributed by atoms with van der Waals surface area (Å²) in [5, 5.41) is 7.34. The monoisotopic (exact) mass is 276 g/mol. The molecule has 16 heavy (non-hydrogen) atoms. The van der Waals surface area contributed by atoms with E-state index in [0.717, 1.165) is 5.56 Å². The molecule has 0 spiro atoms. The number of sulfonamides is 1. The summed E-state index contributed by atoms with van der Waals surface area (Å²) in [6.07, 6.45) is 0.619. The first-order valence-corrected chi connectivity index (χ1v) is 6.63. The van der Waals surface area contributed by atoms with Gasteiger partial charge in [-0.3, -0.25) is 0 Å². The van der Waals surface area contributed by atoms with Crippen molar-refractivity contribution in [2.45, 2.75) is 11.3 Å². The lowest BCUT2D eigenvalue weighted by atomic mass is 10.1. The van der Waals surface area contributed by atoms with Crippen molar-refractivity contribution in [1.82, 2.24) is 0 Å². The van der Waals surface area contributed by atoms with Gasteiger partial charge in [-0.1, -0.05) is 17.7 Å². The van der Waals surface area contributed by atoms with Crippen LogP contribution in [0.1, 0.15) is 5.56 Å². The number of nitrogens with two attached hydrogens (primary N) is 1. The van der Waals surface area contributed by atoms with E-state index < -0.39 is 10.0 Å². The van der Waals surface area contributed by atoms with Crippen LogP contribution in [-0.2, 0) is 16.4 Å². The summed E-state index contributed by atoms with van der Waals surface area (Å²) >= 11 is 10.2. The number of isothiocyanates is 1. The number of hydrogen-bond donors (Lipinski definition) is 1. The molecule has 0 unspecified atom stereocenters. The first kappa shape index (κ1) is 13.3. The topological polar surface area (TPSA) is 72.5 Å². The van der Waals surface area contributed by atoms with Crippen molar-refractivity contribution in [2.75, 3.05) is 6.54 Å². The average Bonchev–Trinajstić information content (AvgIpc) is 2.16. The fourth-order valence-electron chi connectivity index (χ4n) is 1.16. The average molecular weight is 277 g/mol. The van der Waals surface area contributed by atoms with Crippen LogP contribution in [-0.4, -0.2) is 20.1 Å². The minimum absolute atomic E-state index is 0.0729. The van der Waals surface area contributed by atoms with Crippen LogP contribution in [0.5, 0.6) is 0 Å². The minimum Gasteiger partial charge on any atom is -0.232 e. The number of halogens is 1. The number of nitrogens with zero attached hydrogens (tertiary/aromatic N) is 1. The second-order valence-electron chi connectivity index (χ2n) is 3.03. The molecule has 0 amide bonds. The Morgan fingerprint density at radius 3 is 2.69 bits per heavy atom. The van der Waals surface area contributed by atoms with Crippen LogP contribution < -0.4 is 5.14 Å². The molecule has 1 rings (SSSR count). The van der Waals surface area contributed by atoms with Crippen molar-refractivity contribution in [3.05, 3.63) is 28.8 Å². The number of rotatable bonds is 4. The lowest BCUT2D eigenvalue weighted by Crippen LogP contribution is -2.12. The van der Waals surface area contributed by atoms with E-state index in [2.05, 4.69) is 22.4 Å². The van der Waals surface area contributed by atoms with Gasteiger partial charge in [-0.25, -0.2) is 18.5 Å². The Hall–Kier alpha value is -0.780. The Kier molecular flexibility index (Phi) is 4.58. The number of benzene rings is 1. The Morgan fingerprint density at radius 1 is 1.50 bits per heavy atom. The number of aliphatic imine (C=N–C) groups is 1. The van der Waals surface area contributed by atoms with Crippen molar-refractivity contribution >= 4 is 39.0 Å². The maximum absolute atomic E-state index is 11.1. The molecule has 0 saturated heterocycles. The highest BCUT2D eigenvalue weighted by atomic mass is 35.5. The van der Waals surface area contributed by atoms with E-state index in [-0.39, 0.29) is 9.92 Å². The zero-order chi connectivity index (χ0) is 12.2. The van der Waals surface area contributed by atoms with Gasteiger partial charge in [0.25, 0.3) is 0 Å². The molecule has 0 bridgehead atoms. The number of hydrogen-bond acceptors (Lipinski definition) is 4. The minimum atomic E-state index is -3.76. The summed E-state index contributed by atoms with van der Waals surface area (Å²) in [4.78, 5) is 3.67. The summed E-state index contributed by atoms with van der Waals surface area (Å²) in [7, 11) is -3.76. The zero-order valence-corrected chi connectivity index (χ0v) is 10.6. The highest BCUT2D eigenvalue weighted by molar-refractivity contribution is 7.89. The molecule has 0 aromatic heterocycles. The molecule has 7 heteroatoms. The van der Waals surface area contributed by atoms with E-state index in [1.54, 1.807) is 12.1 Å². The maximum atomic E-state index is 11.1. The summed E-state index contributed by atoms with van der Waals surface area (Å²) in [5.74, 6) is 0. The van der Waals surface area contributed by atoms with Crippen LogP contribution in [0.15, 0.2) is 28.1 Å². The molecular weight excluding hydrogens is 268 g/mol. The van der Waals surface area contributed by atoms with Crippen LogP contribution in [0.25, 0.3) is 0 Å². The summed E-state index contributed by atoms with van der Waals surface area (Å²) in [6, 6.07) is 4.58. The molecule has 0 aliphatic heterocycles. The molecule has 0 fully saturated rings. The van der Waals surface area contributed by atoms with E-state index >= 15 is 0 Å². The Labute approximate surface area is 104 Å². The molecule has 1 aromatic carbocycles. The number of primary sulfonamides is 1. The maximum Gasteiger partial charge on any atom is 0.239 e. The van der Waals surface area contributed by atoms with Gasteiger partial charge in [0.2, 0.25) is 10.0 Å². The van der Waals surface area contributed by atoms with Crippen LogP contribution in [0.2, 0.25) is 5.02 Å². The van der Waals surface area contributed by atoms with Gasteiger partial charge in [0.1, 0.15) is 4.90 Å². The van der Waals surface area contributed by atoms with Gasteiger partial charge >= 0.3 is 0 Å². The van der Waals surface area contributed by atoms with Crippen LogP contribution in [0.4, 0.5) is 0 Å². The van der Waals surface area contributed by atoms with Gasteiger partial charge in [0.15, 0.2) is 0 Å². The highest BCUT2D eigenvalue weighted by Gasteiger charge is 2.12. The Morgan fingerprint density at radius 2 is 2.19 bits per heavy atom. The standard InChI is InChI=1S/C9H9ClN2O2S2/c10-8-5-7(3-4-12-6-15)1-2-9(8)16(11,13)14/h1-2,5H,3-4H2,(H2,11,13,14). The van der Waals surface area contributed by atoms with Crippen LogP contribution in [0, 0.1) is 0 Å². The lowest BCUT2D eigenvalue weighted by Gasteiger charge is -2.04. The van der Waals surface area contributed by atoms with Crippen molar-refractivity contribution in [3.8, 4) is 0 Å². The van der Waals surface area contributed by atoms with Crippen molar-refractivity contribution < 1.29 is 8.42 Å². The molecule has 0 atom stereocenters. The molecule has 4 nitrogen and oxygen atoms in total. The molecule has 0 aliphatic carbocycles. The molecule has 0 aliphatic rings. The fourth-order valence-corrected chi connectivity index (χ4v) is 2.37. The second kappa shape index (κ2) is 5.52. The molecular formula is C9H9ClN2O2S2. The van der Waals surface area contributed by atoms with Gasteiger partial charge < -0.3 is 0 Å². The largest absolute Gasteiger partial charge is 0.239 e. The van der Waals surface area contributed by atoms with E-state index in [1.165, 1.54) is 6.07 Å².